The molecule has 64 heavy (non-hydrogen) atoms. The quantitative estimate of drug-likeness (QED) is 0.0232. The van der Waals surface area contributed by atoms with Gasteiger partial charge in [-0.3, -0.25) is 4.79 Å². The molecule has 1 fully saturated rings. The summed E-state index contributed by atoms with van der Waals surface area (Å²) >= 11 is 0. The molecule has 1 heterocycles. The Morgan fingerprint density at radius 2 is 0.906 bits per heavy atom. The summed E-state index contributed by atoms with van der Waals surface area (Å²) in [5, 5.41) is 64.9. The van der Waals surface area contributed by atoms with Crippen molar-refractivity contribution in [2.45, 2.75) is 300 Å². The Hall–Kier alpha value is -1.37. The molecule has 8 atom stereocenters. The molecule has 7 N–H and O–H groups in total. The van der Waals surface area contributed by atoms with E-state index >= 15 is 0 Å². The minimum Gasteiger partial charge on any atom is -0.394 e. The van der Waals surface area contributed by atoms with Crippen molar-refractivity contribution in [2.75, 3.05) is 13.2 Å². The molecule has 8 unspecified atom stereocenters. The summed E-state index contributed by atoms with van der Waals surface area (Å²) in [4.78, 5) is 13.1. The Labute approximate surface area is 392 Å². The van der Waals surface area contributed by atoms with Gasteiger partial charge in [-0.1, -0.05) is 231 Å². The van der Waals surface area contributed by atoms with E-state index < -0.39 is 61.5 Å². The van der Waals surface area contributed by atoms with Crippen molar-refractivity contribution in [1.29, 1.82) is 0 Å². The first-order valence-electron chi connectivity index (χ1n) is 27.2. The third-order valence-electron chi connectivity index (χ3n) is 13.1. The smallest absolute Gasteiger partial charge is 0.249 e. The molecule has 0 bridgehead atoms. The van der Waals surface area contributed by atoms with E-state index in [1.54, 1.807) is 6.08 Å². The van der Waals surface area contributed by atoms with Crippen LogP contribution in [0.2, 0.25) is 0 Å². The molecule has 0 spiro atoms. The normalized spacial score (nSPS) is 20.7. The number of amides is 1. The molecule has 1 aliphatic rings. The van der Waals surface area contributed by atoms with Crippen LogP contribution < -0.4 is 5.32 Å². The zero-order chi connectivity index (χ0) is 46.7. The highest BCUT2D eigenvalue weighted by molar-refractivity contribution is 5.80. The van der Waals surface area contributed by atoms with Gasteiger partial charge in [-0.2, -0.15) is 0 Å². The Kier molecular flexibility index (Phi) is 41.8. The number of unbranched alkanes of at least 4 members (excludes halogenated alkanes) is 33. The first-order chi connectivity index (χ1) is 31.3. The highest BCUT2D eigenvalue weighted by Crippen LogP contribution is 2.23. The lowest BCUT2D eigenvalue weighted by Crippen LogP contribution is -2.60. The SMILES string of the molecule is CCCCCCCCCCCCCC/C=C\CCCCCCCCCCCC(O)C(=O)NC(COC1OC(CO)C(O)C(O)C1O)C(O)/C=C/CCCCCCCCCCCCCC. The number of rotatable bonds is 46. The molecule has 0 aromatic heterocycles. The number of carbonyl (C=O) groups is 1. The fraction of sp³-hybridized carbons (Fsp3) is 0.907. The van der Waals surface area contributed by atoms with Crippen LogP contribution in [0.1, 0.15) is 251 Å². The number of nitrogens with one attached hydrogen (secondary N) is 1. The lowest BCUT2D eigenvalue weighted by molar-refractivity contribution is -0.302. The van der Waals surface area contributed by atoms with E-state index in [9.17, 15) is 35.4 Å². The molecule has 0 aromatic carbocycles. The Morgan fingerprint density at radius 1 is 0.531 bits per heavy atom. The highest BCUT2D eigenvalue weighted by Gasteiger charge is 2.44. The van der Waals surface area contributed by atoms with Crippen LogP contribution in [-0.4, -0.2) is 98.7 Å². The van der Waals surface area contributed by atoms with Crippen molar-refractivity contribution in [3.63, 3.8) is 0 Å². The van der Waals surface area contributed by atoms with Crippen LogP contribution in [0.25, 0.3) is 0 Å². The summed E-state index contributed by atoms with van der Waals surface area (Å²) in [5.41, 5.74) is 0. The van der Waals surface area contributed by atoms with Gasteiger partial charge in [0, 0.05) is 0 Å². The number of carbonyl (C=O) groups excluding carboxylic acids is 1. The summed E-state index contributed by atoms with van der Waals surface area (Å²) in [5.74, 6) is -0.616. The van der Waals surface area contributed by atoms with E-state index in [2.05, 4.69) is 31.3 Å². The van der Waals surface area contributed by atoms with Gasteiger partial charge in [0.05, 0.1) is 25.4 Å². The predicted molar refractivity (Wildman–Crippen MR) is 264 cm³/mol. The number of aliphatic hydroxyl groups is 6. The van der Waals surface area contributed by atoms with Gasteiger partial charge in [0.15, 0.2) is 6.29 Å². The number of aliphatic hydroxyl groups excluding tert-OH is 6. The third-order valence-corrected chi connectivity index (χ3v) is 13.1. The lowest BCUT2D eigenvalue weighted by atomic mass is 9.99. The maximum absolute atomic E-state index is 13.1. The predicted octanol–water partition coefficient (Wildman–Crippen LogP) is 11.6. The first kappa shape index (κ1) is 60.6. The average molecular weight is 910 g/mol. The molecule has 378 valence electrons. The standard InChI is InChI=1S/C54H103NO9/c1-3-5-7-9-11-13-15-17-19-20-21-22-23-24-25-26-27-28-29-31-33-35-37-39-41-43-48(58)53(62)55-46(45-63-54-52(61)51(60)50(59)49(44-56)64-54)47(57)42-40-38-36-34-32-30-18-16-14-12-10-8-6-4-2/h24-25,40,42,46-52,54,56-61H,3-23,26-39,41,43-45H2,1-2H3,(H,55,62)/b25-24-,42-40+. The molecule has 10 nitrogen and oxygen atoms in total. The number of ether oxygens (including phenoxy) is 2. The van der Waals surface area contributed by atoms with Crippen molar-refractivity contribution in [1.82, 2.24) is 5.32 Å². The van der Waals surface area contributed by atoms with Gasteiger partial charge < -0.3 is 45.4 Å². The molecule has 1 amide bonds. The van der Waals surface area contributed by atoms with Crippen molar-refractivity contribution in [3.05, 3.63) is 24.3 Å². The summed E-state index contributed by atoms with van der Waals surface area (Å²) in [6.45, 7) is 3.63. The molecule has 1 saturated heterocycles. The Bertz CT molecular complexity index is 1070. The zero-order valence-electron chi connectivity index (χ0n) is 41.4. The minimum atomic E-state index is -1.61. The van der Waals surface area contributed by atoms with Crippen molar-refractivity contribution >= 4 is 5.91 Å². The topological polar surface area (TPSA) is 169 Å². The van der Waals surface area contributed by atoms with Crippen LogP contribution in [0, 0.1) is 0 Å². The first-order valence-corrected chi connectivity index (χ1v) is 27.2. The van der Waals surface area contributed by atoms with E-state index in [1.807, 2.05) is 6.08 Å². The van der Waals surface area contributed by atoms with E-state index in [0.29, 0.717) is 12.8 Å². The fourth-order valence-electron chi connectivity index (χ4n) is 8.69. The van der Waals surface area contributed by atoms with Crippen LogP contribution in [-0.2, 0) is 14.3 Å². The van der Waals surface area contributed by atoms with E-state index in [-0.39, 0.29) is 6.61 Å². The van der Waals surface area contributed by atoms with Crippen molar-refractivity contribution in [2.24, 2.45) is 0 Å². The van der Waals surface area contributed by atoms with Gasteiger partial charge >= 0.3 is 0 Å². The summed E-state index contributed by atoms with van der Waals surface area (Å²) < 4.78 is 11.2. The Balaban J connectivity index is 2.27. The monoisotopic (exact) mass is 910 g/mol. The molecule has 1 aliphatic heterocycles. The average Bonchev–Trinajstić information content (AvgIpc) is 3.29. The van der Waals surface area contributed by atoms with Gasteiger partial charge in [-0.25, -0.2) is 0 Å². The fourth-order valence-corrected chi connectivity index (χ4v) is 8.69. The van der Waals surface area contributed by atoms with Crippen LogP contribution >= 0.6 is 0 Å². The number of allylic oxidation sites excluding steroid dienone is 3. The molecule has 0 aliphatic carbocycles. The number of hydrogen-bond donors (Lipinski definition) is 7. The largest absolute Gasteiger partial charge is 0.394 e. The molecular weight excluding hydrogens is 807 g/mol. The van der Waals surface area contributed by atoms with Gasteiger partial charge in [0.1, 0.15) is 30.5 Å². The minimum absolute atomic E-state index is 0.304. The van der Waals surface area contributed by atoms with Crippen LogP contribution in [0.5, 0.6) is 0 Å². The van der Waals surface area contributed by atoms with Crippen LogP contribution in [0.4, 0.5) is 0 Å². The molecule has 1 rings (SSSR count). The van der Waals surface area contributed by atoms with Crippen molar-refractivity contribution < 1.29 is 44.9 Å². The molecule has 10 heteroatoms. The van der Waals surface area contributed by atoms with Gasteiger partial charge in [0.25, 0.3) is 0 Å². The van der Waals surface area contributed by atoms with E-state index in [1.165, 1.54) is 186 Å². The molecular formula is C54H103NO9. The van der Waals surface area contributed by atoms with E-state index in [0.717, 1.165) is 38.5 Å². The third kappa shape index (κ3) is 33.2. The van der Waals surface area contributed by atoms with Gasteiger partial charge in [-0.15, -0.1) is 0 Å². The van der Waals surface area contributed by atoms with Gasteiger partial charge in [0.2, 0.25) is 5.91 Å². The van der Waals surface area contributed by atoms with Gasteiger partial charge in [-0.05, 0) is 44.9 Å². The zero-order valence-corrected chi connectivity index (χ0v) is 41.4. The molecule has 0 saturated carbocycles. The van der Waals surface area contributed by atoms with Crippen LogP contribution in [0.3, 0.4) is 0 Å². The second-order valence-corrected chi connectivity index (χ2v) is 19.2. The summed E-state index contributed by atoms with van der Waals surface area (Å²) in [6.07, 6.45) is 44.2. The second kappa shape index (κ2) is 44.2. The summed E-state index contributed by atoms with van der Waals surface area (Å²) in [6, 6.07) is -0.979. The molecule has 0 aromatic rings. The summed E-state index contributed by atoms with van der Waals surface area (Å²) in [7, 11) is 0. The lowest BCUT2D eigenvalue weighted by Gasteiger charge is -2.40. The second-order valence-electron chi connectivity index (χ2n) is 19.2. The Morgan fingerprint density at radius 3 is 1.31 bits per heavy atom. The molecule has 0 radical (unpaired) electrons. The van der Waals surface area contributed by atoms with Crippen LogP contribution in [0.15, 0.2) is 24.3 Å². The number of hydrogen-bond acceptors (Lipinski definition) is 9. The van der Waals surface area contributed by atoms with E-state index in [4.69, 9.17) is 9.47 Å². The maximum atomic E-state index is 13.1. The van der Waals surface area contributed by atoms with Crippen molar-refractivity contribution in [3.8, 4) is 0 Å². The highest BCUT2D eigenvalue weighted by atomic mass is 16.7. The maximum Gasteiger partial charge on any atom is 0.249 e.